The second-order valence-corrected chi connectivity index (χ2v) is 2.22. The summed E-state index contributed by atoms with van der Waals surface area (Å²) in [7, 11) is 0. The van der Waals surface area contributed by atoms with Crippen LogP contribution in [0.2, 0.25) is 0 Å². The summed E-state index contributed by atoms with van der Waals surface area (Å²) in [6.45, 7) is 3.00. The number of hydrogen-bond donors (Lipinski definition) is 2. The third-order valence-corrected chi connectivity index (χ3v) is 0.893. The summed E-state index contributed by atoms with van der Waals surface area (Å²) >= 11 is 0. The number of carbonyl (C=O) groups excluding carboxylic acids is 1. The molecule has 0 saturated heterocycles. The third-order valence-electron chi connectivity index (χ3n) is 0.893. The molecule has 0 aromatic heterocycles. The SMILES string of the molecule is C/C=C/C=C/C(=O)[O-].CC(O)C(=O)O.[Cl-].[K+].[Na+]. The number of aliphatic hydroxyl groups excluding tert-OH is 1. The molecule has 0 fully saturated rings. The zero-order chi connectivity index (χ0) is 11.6. The Morgan fingerprint density at radius 1 is 1.29 bits per heavy atom. The minimum absolute atomic E-state index is 0. The first-order valence-electron chi connectivity index (χ1n) is 3.83. The van der Waals surface area contributed by atoms with E-state index >= 15 is 0 Å². The van der Waals surface area contributed by atoms with Gasteiger partial charge in [0.25, 0.3) is 0 Å². The maximum atomic E-state index is 9.64. The van der Waals surface area contributed by atoms with Crippen LogP contribution < -0.4 is 98.5 Å². The third kappa shape index (κ3) is 38.2. The summed E-state index contributed by atoms with van der Waals surface area (Å²) in [5, 5.41) is 25.4. The first-order chi connectivity index (χ1) is 6.41. The van der Waals surface area contributed by atoms with Gasteiger partial charge in [0.15, 0.2) is 0 Å². The number of carboxylic acid groups (broad SMARTS) is 2. The normalized spacial score (nSPS) is 10.1. The molecule has 1 unspecified atom stereocenters. The van der Waals surface area contributed by atoms with Crippen molar-refractivity contribution in [2.75, 3.05) is 0 Å². The Labute approximate surface area is 171 Å². The number of aliphatic carboxylic acids is 2. The molecule has 0 saturated carbocycles. The molecule has 1 atom stereocenters. The van der Waals surface area contributed by atoms with Gasteiger partial charge >= 0.3 is 86.9 Å². The van der Waals surface area contributed by atoms with E-state index in [1.165, 1.54) is 13.0 Å². The molecule has 17 heavy (non-hydrogen) atoms. The van der Waals surface area contributed by atoms with Crippen molar-refractivity contribution in [1.82, 2.24) is 0 Å². The maximum Gasteiger partial charge on any atom is 1.00 e. The molecule has 5 nitrogen and oxygen atoms in total. The van der Waals surface area contributed by atoms with Crippen LogP contribution in [0.15, 0.2) is 24.3 Å². The van der Waals surface area contributed by atoms with Crippen LogP contribution >= 0.6 is 0 Å². The molecule has 0 bridgehead atoms. The molecule has 0 aromatic rings. The fourth-order valence-corrected chi connectivity index (χ4v) is 0.245. The topological polar surface area (TPSA) is 97.7 Å². The zero-order valence-electron chi connectivity index (χ0n) is 10.4. The number of aliphatic hydroxyl groups is 1. The standard InChI is InChI=1S/C6H8O2.C3H6O3.ClH.K.Na/c1-2-3-4-5-6(7)8;1-2(4)3(5)6;;;/h2-5H,1H3,(H,7,8);2,4H,1H3,(H,5,6);1H;;/q;;;2*+1/p-2/b3-2+,5-4+;;;;. The number of halogens is 1. The molecule has 0 radical (unpaired) electrons. The summed E-state index contributed by atoms with van der Waals surface area (Å²) in [6.07, 6.45) is 4.51. The summed E-state index contributed by atoms with van der Waals surface area (Å²) in [5.74, 6) is -2.35. The van der Waals surface area contributed by atoms with Crippen LogP contribution in [-0.2, 0) is 9.59 Å². The van der Waals surface area contributed by atoms with E-state index in [-0.39, 0.29) is 93.3 Å². The second kappa shape index (κ2) is 22.5. The largest absolute Gasteiger partial charge is 1.00 e. The summed E-state index contributed by atoms with van der Waals surface area (Å²) < 4.78 is 0. The molecule has 2 N–H and O–H groups in total. The predicted molar refractivity (Wildman–Crippen MR) is 48.3 cm³/mol. The van der Waals surface area contributed by atoms with Crippen molar-refractivity contribution in [1.29, 1.82) is 0 Å². The molecule has 0 heterocycles. The quantitative estimate of drug-likeness (QED) is 0.306. The van der Waals surface area contributed by atoms with Crippen molar-refractivity contribution in [2.24, 2.45) is 0 Å². The Bertz CT molecular complexity index is 244. The van der Waals surface area contributed by atoms with Crippen molar-refractivity contribution in [2.45, 2.75) is 20.0 Å². The van der Waals surface area contributed by atoms with Crippen LogP contribution in [0.3, 0.4) is 0 Å². The smallest absolute Gasteiger partial charge is 1.00 e. The second-order valence-electron chi connectivity index (χ2n) is 2.22. The van der Waals surface area contributed by atoms with Crippen LogP contribution in [0.4, 0.5) is 0 Å². The average Bonchev–Trinajstić information content (AvgIpc) is 2.05. The minimum atomic E-state index is -1.23. The predicted octanol–water partition coefficient (Wildman–Crippen LogP) is -9.67. The van der Waals surface area contributed by atoms with E-state index in [9.17, 15) is 14.7 Å². The van der Waals surface area contributed by atoms with E-state index in [0.717, 1.165) is 6.08 Å². The van der Waals surface area contributed by atoms with Gasteiger partial charge in [0.1, 0.15) is 6.10 Å². The Balaban J connectivity index is -0.0000000493. The van der Waals surface area contributed by atoms with Crippen molar-refractivity contribution in [3.05, 3.63) is 24.3 Å². The Morgan fingerprint density at radius 2 is 1.65 bits per heavy atom. The van der Waals surface area contributed by atoms with Crippen molar-refractivity contribution < 1.29 is 118 Å². The molecule has 0 aliphatic rings. The minimum Gasteiger partial charge on any atom is -1.00 e. The average molecular weight is 299 g/mol. The van der Waals surface area contributed by atoms with E-state index in [4.69, 9.17) is 10.2 Å². The van der Waals surface area contributed by atoms with Crippen molar-refractivity contribution in [3.63, 3.8) is 0 Å². The summed E-state index contributed by atoms with van der Waals surface area (Å²) in [6, 6.07) is 0. The van der Waals surface area contributed by atoms with Gasteiger partial charge in [-0.25, -0.2) is 4.79 Å². The molecule has 0 rings (SSSR count). The van der Waals surface area contributed by atoms with Gasteiger partial charge in [0.2, 0.25) is 0 Å². The van der Waals surface area contributed by atoms with E-state index in [1.54, 1.807) is 19.1 Å². The van der Waals surface area contributed by atoms with Crippen LogP contribution in [0.1, 0.15) is 13.8 Å². The monoisotopic (exact) mass is 298 g/mol. The first-order valence-corrected chi connectivity index (χ1v) is 3.83. The number of carbonyl (C=O) groups is 2. The molecule has 0 amide bonds. The molecule has 88 valence electrons. The summed E-state index contributed by atoms with van der Waals surface area (Å²) in [4.78, 5) is 19.1. The van der Waals surface area contributed by atoms with Crippen molar-refractivity contribution >= 4 is 11.9 Å². The van der Waals surface area contributed by atoms with E-state index in [2.05, 4.69) is 0 Å². The summed E-state index contributed by atoms with van der Waals surface area (Å²) in [5.41, 5.74) is 0. The molecular weight excluding hydrogens is 286 g/mol. The van der Waals surface area contributed by atoms with Gasteiger partial charge in [-0.3, -0.25) is 0 Å². The Kier molecular flexibility index (Phi) is 41.0. The fraction of sp³-hybridized carbons (Fsp3) is 0.333. The number of carboxylic acids is 2. The van der Waals surface area contributed by atoms with Gasteiger partial charge in [0.05, 0.1) is 5.97 Å². The van der Waals surface area contributed by atoms with Crippen LogP contribution in [0.5, 0.6) is 0 Å². The van der Waals surface area contributed by atoms with E-state index < -0.39 is 18.0 Å². The van der Waals surface area contributed by atoms with Crippen LogP contribution in [-0.4, -0.2) is 28.3 Å². The molecule has 8 heteroatoms. The Morgan fingerprint density at radius 3 is 1.82 bits per heavy atom. The molecule has 0 spiro atoms. The van der Waals surface area contributed by atoms with E-state index in [1.807, 2.05) is 0 Å². The van der Waals surface area contributed by atoms with Crippen LogP contribution in [0.25, 0.3) is 0 Å². The fourth-order valence-electron chi connectivity index (χ4n) is 0.245. The maximum absolute atomic E-state index is 9.64. The van der Waals surface area contributed by atoms with Crippen molar-refractivity contribution in [3.8, 4) is 0 Å². The zero-order valence-corrected chi connectivity index (χ0v) is 16.3. The Hall–Kier alpha value is 1.31. The first kappa shape index (κ1) is 31.0. The molecular formula is C9H13ClKNaO5. The van der Waals surface area contributed by atoms with Gasteiger partial charge in [-0.15, -0.1) is 0 Å². The van der Waals surface area contributed by atoms with Gasteiger partial charge in [-0.05, 0) is 19.9 Å². The molecule has 0 aliphatic heterocycles. The van der Waals surface area contributed by atoms with Gasteiger partial charge in [-0.2, -0.15) is 0 Å². The molecule has 0 aromatic carbocycles. The van der Waals surface area contributed by atoms with Gasteiger partial charge in [-0.1, -0.05) is 18.2 Å². The van der Waals surface area contributed by atoms with E-state index in [0.29, 0.717) is 0 Å². The van der Waals surface area contributed by atoms with Gasteiger partial charge < -0.3 is 32.5 Å². The number of hydrogen-bond acceptors (Lipinski definition) is 4. The number of allylic oxidation sites excluding steroid dienone is 3. The van der Waals surface area contributed by atoms with Gasteiger partial charge in [0, 0.05) is 0 Å². The molecule has 0 aliphatic carbocycles. The van der Waals surface area contributed by atoms with Crippen LogP contribution in [0, 0.1) is 0 Å². The number of rotatable bonds is 3.